The second kappa shape index (κ2) is 9.26. The van der Waals surface area contributed by atoms with Crippen molar-refractivity contribution in [3.8, 4) is 0 Å². The molecule has 0 unspecified atom stereocenters. The van der Waals surface area contributed by atoms with E-state index in [1.165, 1.54) is 0 Å². The molecule has 1 aliphatic heterocycles. The summed E-state index contributed by atoms with van der Waals surface area (Å²) in [5.41, 5.74) is -0.0432. The largest absolute Gasteiger partial charge is 0.325 e. The Hall–Kier alpha value is -1.93. The van der Waals surface area contributed by atoms with E-state index in [2.05, 4.69) is 40.0 Å². The van der Waals surface area contributed by atoms with Crippen molar-refractivity contribution in [2.24, 2.45) is 0 Å². The monoisotopic (exact) mass is 464 g/mol. The Balaban J connectivity index is 1.77. The highest BCUT2D eigenvalue weighted by molar-refractivity contribution is 9.10. The van der Waals surface area contributed by atoms with Crippen LogP contribution in [0.15, 0.2) is 28.7 Å². The van der Waals surface area contributed by atoms with Gasteiger partial charge in [0.05, 0.1) is 0 Å². The molecule has 2 fully saturated rings. The molecule has 1 saturated heterocycles. The van der Waals surface area contributed by atoms with Gasteiger partial charge in [-0.05, 0) is 44.1 Å². The molecule has 29 heavy (non-hydrogen) atoms. The van der Waals surface area contributed by atoms with Crippen LogP contribution in [-0.4, -0.2) is 65.9 Å². The van der Waals surface area contributed by atoms with Crippen LogP contribution in [-0.2, 0) is 9.59 Å². The molecule has 0 radical (unpaired) electrons. The Bertz CT molecular complexity index is 775. The van der Waals surface area contributed by atoms with Crippen molar-refractivity contribution in [2.45, 2.75) is 45.1 Å². The van der Waals surface area contributed by atoms with Crippen LogP contribution >= 0.6 is 15.9 Å². The molecule has 1 saturated carbocycles. The first-order valence-corrected chi connectivity index (χ1v) is 11.1. The van der Waals surface area contributed by atoms with Crippen molar-refractivity contribution in [2.75, 3.05) is 37.6 Å². The van der Waals surface area contributed by atoms with Gasteiger partial charge >= 0.3 is 6.03 Å². The third kappa shape index (κ3) is 4.64. The predicted molar refractivity (Wildman–Crippen MR) is 116 cm³/mol. The number of imide groups is 1. The van der Waals surface area contributed by atoms with E-state index in [4.69, 9.17) is 0 Å². The Kier molecular flexibility index (Phi) is 6.95. The quantitative estimate of drug-likeness (QED) is 0.600. The molecule has 3 rings (SSSR count). The fraction of sp³-hybridized carbons (Fsp3) is 0.571. The molecule has 1 aromatic carbocycles. The molecule has 1 aliphatic carbocycles. The van der Waals surface area contributed by atoms with Gasteiger partial charge in [0.2, 0.25) is 5.91 Å². The van der Waals surface area contributed by atoms with Gasteiger partial charge in [-0.3, -0.25) is 14.5 Å². The van der Waals surface area contributed by atoms with E-state index in [1.54, 1.807) is 4.90 Å². The van der Waals surface area contributed by atoms with E-state index in [-0.39, 0.29) is 18.4 Å². The highest BCUT2D eigenvalue weighted by atomic mass is 79.9. The smallest absolute Gasteiger partial charge is 0.323 e. The zero-order valence-corrected chi connectivity index (χ0v) is 18.7. The van der Waals surface area contributed by atoms with Crippen LogP contribution < -0.4 is 10.2 Å². The van der Waals surface area contributed by atoms with Gasteiger partial charge in [0.1, 0.15) is 12.1 Å². The predicted octanol–water partition coefficient (Wildman–Crippen LogP) is 2.99. The van der Waals surface area contributed by atoms with Crippen molar-refractivity contribution in [3.05, 3.63) is 28.7 Å². The van der Waals surface area contributed by atoms with E-state index >= 15 is 0 Å². The summed E-state index contributed by atoms with van der Waals surface area (Å²) in [7, 11) is 0. The van der Waals surface area contributed by atoms with Gasteiger partial charge < -0.3 is 15.1 Å². The van der Waals surface area contributed by atoms with Gasteiger partial charge in [-0.1, -0.05) is 48.7 Å². The Labute approximate surface area is 180 Å². The van der Waals surface area contributed by atoms with E-state index in [0.29, 0.717) is 19.4 Å². The van der Waals surface area contributed by atoms with Crippen molar-refractivity contribution >= 4 is 39.5 Å². The van der Waals surface area contributed by atoms with Gasteiger partial charge in [0, 0.05) is 23.2 Å². The average molecular weight is 465 g/mol. The molecule has 1 heterocycles. The van der Waals surface area contributed by atoms with Gasteiger partial charge in [-0.25, -0.2) is 4.79 Å². The molecular weight excluding hydrogens is 436 g/mol. The SMILES string of the molecule is CCN(CC)CCN(C(=O)CN1C(=O)NC2(CCCC2)C1=O)c1cccc(Br)c1. The molecule has 0 aromatic heterocycles. The molecule has 8 heteroatoms. The number of amides is 4. The highest BCUT2D eigenvalue weighted by Gasteiger charge is 2.52. The second-order valence-electron chi connectivity index (χ2n) is 7.66. The fourth-order valence-electron chi connectivity index (χ4n) is 4.18. The van der Waals surface area contributed by atoms with Crippen molar-refractivity contribution < 1.29 is 14.4 Å². The van der Waals surface area contributed by atoms with Crippen molar-refractivity contribution in [1.29, 1.82) is 0 Å². The number of hydrogen-bond donors (Lipinski definition) is 1. The Morgan fingerprint density at radius 1 is 1.17 bits per heavy atom. The van der Waals surface area contributed by atoms with Crippen LogP contribution in [0.1, 0.15) is 39.5 Å². The summed E-state index contributed by atoms with van der Waals surface area (Å²) >= 11 is 3.46. The molecule has 1 spiro atoms. The maximum atomic E-state index is 13.2. The lowest BCUT2D eigenvalue weighted by Gasteiger charge is -2.28. The first-order valence-electron chi connectivity index (χ1n) is 10.3. The number of carbonyl (C=O) groups excluding carboxylic acids is 3. The minimum Gasteiger partial charge on any atom is -0.323 e. The zero-order valence-electron chi connectivity index (χ0n) is 17.1. The molecule has 1 aromatic rings. The third-order valence-electron chi connectivity index (χ3n) is 5.95. The van der Waals surface area contributed by atoms with Crippen molar-refractivity contribution in [1.82, 2.24) is 15.1 Å². The minimum atomic E-state index is -0.792. The number of nitrogens with zero attached hydrogens (tertiary/aromatic N) is 3. The lowest BCUT2D eigenvalue weighted by Crippen LogP contribution is -2.47. The molecule has 158 valence electrons. The Morgan fingerprint density at radius 3 is 2.48 bits per heavy atom. The lowest BCUT2D eigenvalue weighted by atomic mass is 9.98. The maximum Gasteiger partial charge on any atom is 0.325 e. The number of nitrogens with one attached hydrogen (secondary N) is 1. The maximum absolute atomic E-state index is 13.2. The van der Waals surface area contributed by atoms with Gasteiger partial charge in [0.15, 0.2) is 0 Å². The minimum absolute atomic E-state index is 0.239. The summed E-state index contributed by atoms with van der Waals surface area (Å²) in [6.07, 6.45) is 3.14. The number of anilines is 1. The van der Waals surface area contributed by atoms with E-state index in [9.17, 15) is 14.4 Å². The number of likely N-dealkylation sites (N-methyl/N-ethyl adjacent to an activating group) is 1. The summed E-state index contributed by atoms with van der Waals surface area (Å²) in [5, 5.41) is 2.84. The number of carbonyl (C=O) groups is 3. The topological polar surface area (TPSA) is 73.0 Å². The molecule has 1 N–H and O–H groups in total. The van der Waals surface area contributed by atoms with Gasteiger partial charge in [-0.2, -0.15) is 0 Å². The summed E-state index contributed by atoms with van der Waals surface area (Å²) in [5.74, 6) is -0.514. The fourth-order valence-corrected chi connectivity index (χ4v) is 4.57. The van der Waals surface area contributed by atoms with Crippen LogP contribution in [0, 0.1) is 0 Å². The summed E-state index contributed by atoms with van der Waals surface area (Å²) in [6.45, 7) is 6.93. The van der Waals surface area contributed by atoms with Crippen LogP contribution in [0.25, 0.3) is 0 Å². The molecule has 4 amide bonds. The van der Waals surface area contributed by atoms with Crippen molar-refractivity contribution in [3.63, 3.8) is 0 Å². The molecule has 2 aliphatic rings. The number of urea groups is 1. The number of halogens is 1. The lowest BCUT2D eigenvalue weighted by molar-refractivity contribution is -0.134. The first kappa shape index (κ1) is 21.8. The van der Waals surface area contributed by atoms with E-state index in [0.717, 1.165) is 47.5 Å². The van der Waals surface area contributed by atoms with Crippen LogP contribution in [0.4, 0.5) is 10.5 Å². The summed E-state index contributed by atoms with van der Waals surface area (Å²) < 4.78 is 0.871. The first-order chi connectivity index (χ1) is 13.9. The van der Waals surface area contributed by atoms with Crippen LogP contribution in [0.2, 0.25) is 0 Å². The van der Waals surface area contributed by atoms with Crippen LogP contribution in [0.3, 0.4) is 0 Å². The highest BCUT2D eigenvalue weighted by Crippen LogP contribution is 2.35. The second-order valence-corrected chi connectivity index (χ2v) is 8.58. The van der Waals surface area contributed by atoms with E-state index < -0.39 is 11.6 Å². The molecule has 0 bridgehead atoms. The summed E-state index contributed by atoms with van der Waals surface area (Å²) in [4.78, 5) is 43.6. The van der Waals surface area contributed by atoms with Crippen LogP contribution in [0.5, 0.6) is 0 Å². The average Bonchev–Trinajstić information content (AvgIpc) is 3.26. The Morgan fingerprint density at radius 2 is 1.86 bits per heavy atom. The molecule has 0 atom stereocenters. The van der Waals surface area contributed by atoms with Gasteiger partial charge in [0.25, 0.3) is 5.91 Å². The summed E-state index contributed by atoms with van der Waals surface area (Å²) in [6, 6.07) is 7.07. The van der Waals surface area contributed by atoms with E-state index in [1.807, 2.05) is 24.3 Å². The standard InChI is InChI=1S/C21H29BrN4O3/c1-3-24(4-2)12-13-25(17-9-7-8-16(22)14-17)18(27)15-26-19(28)21(23-20(26)29)10-5-6-11-21/h7-9,14H,3-6,10-13,15H2,1-2H3,(H,23,29). The molecular formula is C21H29BrN4O3. The number of hydrogen-bond acceptors (Lipinski definition) is 4. The van der Waals surface area contributed by atoms with Gasteiger partial charge in [-0.15, -0.1) is 0 Å². The number of rotatable bonds is 8. The number of benzene rings is 1. The molecule has 7 nitrogen and oxygen atoms in total. The third-order valence-corrected chi connectivity index (χ3v) is 6.44. The normalized spacial score (nSPS) is 18.0. The zero-order chi connectivity index (χ0) is 21.0.